The molecule has 146 valence electrons. The molecule has 5 nitrogen and oxygen atoms in total. The first-order valence-electron chi connectivity index (χ1n) is 9.61. The van der Waals surface area contributed by atoms with E-state index in [1.165, 1.54) is 17.5 Å². The maximum atomic E-state index is 10.7. The first kappa shape index (κ1) is 19.7. The molecule has 4 N–H and O–H groups in total. The van der Waals surface area contributed by atoms with E-state index in [0.717, 1.165) is 36.9 Å². The molecular weight excluding hydrogens is 358 g/mol. The Morgan fingerprint density at radius 1 is 1.22 bits per heavy atom. The molecular formula is C21H29N3O2S. The molecule has 0 radical (unpaired) electrons. The van der Waals surface area contributed by atoms with Gasteiger partial charge in [0.15, 0.2) is 5.96 Å². The van der Waals surface area contributed by atoms with Crippen LogP contribution in [0.15, 0.2) is 34.0 Å². The van der Waals surface area contributed by atoms with Crippen molar-refractivity contribution in [2.45, 2.75) is 51.7 Å². The average Bonchev–Trinajstić information content (AvgIpc) is 3.21. The molecule has 0 saturated heterocycles. The van der Waals surface area contributed by atoms with Crippen molar-refractivity contribution >= 4 is 17.3 Å². The molecule has 1 aromatic carbocycles. The monoisotopic (exact) mass is 387 g/mol. The Morgan fingerprint density at radius 2 is 2.04 bits per heavy atom. The van der Waals surface area contributed by atoms with Gasteiger partial charge in [0.2, 0.25) is 0 Å². The Bertz CT molecular complexity index is 785. The number of nitrogens with one attached hydrogen (secondary N) is 2. The molecule has 1 heterocycles. The minimum absolute atomic E-state index is 0.320. The van der Waals surface area contributed by atoms with Crippen LogP contribution < -0.4 is 10.6 Å². The zero-order chi connectivity index (χ0) is 19.3. The number of aliphatic hydroxyl groups is 1. The average molecular weight is 388 g/mol. The number of phenolic OH excluding ortho intramolecular Hbond substituents is 1. The summed E-state index contributed by atoms with van der Waals surface area (Å²) >= 11 is 1.57. The summed E-state index contributed by atoms with van der Waals surface area (Å²) in [6.07, 6.45) is 4.46. The highest BCUT2D eigenvalue weighted by Crippen LogP contribution is 2.31. The number of phenols is 1. The normalized spacial score (nSPS) is 16.5. The summed E-state index contributed by atoms with van der Waals surface area (Å²) in [6.45, 7) is 5.31. The molecule has 1 aromatic heterocycles. The molecule has 0 spiro atoms. The highest BCUT2D eigenvalue weighted by Gasteiger charge is 2.24. The van der Waals surface area contributed by atoms with Gasteiger partial charge in [-0.1, -0.05) is 6.07 Å². The summed E-state index contributed by atoms with van der Waals surface area (Å²) < 4.78 is 0. The van der Waals surface area contributed by atoms with Gasteiger partial charge < -0.3 is 20.8 Å². The van der Waals surface area contributed by atoms with Crippen LogP contribution in [0.1, 0.15) is 48.9 Å². The van der Waals surface area contributed by atoms with E-state index in [4.69, 9.17) is 0 Å². The summed E-state index contributed by atoms with van der Waals surface area (Å²) in [7, 11) is 0. The SMILES string of the molecule is CCNC(=NCc1c(O)ccc2c1CCCC2)NCC(C)(O)c1ccsc1. The number of hydrogen-bond acceptors (Lipinski definition) is 4. The largest absolute Gasteiger partial charge is 0.508 e. The number of guanidine groups is 1. The van der Waals surface area contributed by atoms with Crippen molar-refractivity contribution in [1.82, 2.24) is 10.6 Å². The van der Waals surface area contributed by atoms with Crippen molar-refractivity contribution in [2.24, 2.45) is 4.99 Å². The Balaban J connectivity index is 1.73. The Hall–Kier alpha value is -2.05. The topological polar surface area (TPSA) is 76.9 Å². The maximum Gasteiger partial charge on any atom is 0.191 e. The van der Waals surface area contributed by atoms with Crippen LogP contribution in [-0.4, -0.2) is 29.3 Å². The fraction of sp³-hybridized carbons (Fsp3) is 0.476. The van der Waals surface area contributed by atoms with Gasteiger partial charge in [-0.25, -0.2) is 4.99 Å². The minimum Gasteiger partial charge on any atom is -0.508 e. The van der Waals surface area contributed by atoms with Crippen molar-refractivity contribution in [1.29, 1.82) is 0 Å². The van der Waals surface area contributed by atoms with Crippen LogP contribution in [0.4, 0.5) is 0 Å². The van der Waals surface area contributed by atoms with Gasteiger partial charge in [0.25, 0.3) is 0 Å². The van der Waals surface area contributed by atoms with E-state index in [1.54, 1.807) is 24.3 Å². The van der Waals surface area contributed by atoms with Gasteiger partial charge >= 0.3 is 0 Å². The van der Waals surface area contributed by atoms with E-state index in [1.807, 2.05) is 29.8 Å². The molecule has 0 aliphatic heterocycles. The van der Waals surface area contributed by atoms with Gasteiger partial charge in [-0.05, 0) is 79.1 Å². The lowest BCUT2D eigenvalue weighted by atomic mass is 9.88. The molecule has 0 bridgehead atoms. The van der Waals surface area contributed by atoms with Crippen molar-refractivity contribution in [2.75, 3.05) is 13.1 Å². The first-order chi connectivity index (χ1) is 13.0. The molecule has 1 atom stereocenters. The third kappa shape index (κ3) is 4.82. The van der Waals surface area contributed by atoms with E-state index in [-0.39, 0.29) is 0 Å². The lowest BCUT2D eigenvalue weighted by Gasteiger charge is -2.24. The van der Waals surface area contributed by atoms with Crippen molar-refractivity contribution in [3.05, 3.63) is 51.2 Å². The number of hydrogen-bond donors (Lipinski definition) is 4. The molecule has 1 unspecified atom stereocenters. The summed E-state index contributed by atoms with van der Waals surface area (Å²) in [5, 5.41) is 31.4. The standard InChI is InChI=1S/C21H29N3O2S/c1-3-22-20(24-14-21(2,26)16-10-11-27-13-16)23-12-18-17-7-5-4-6-15(17)8-9-19(18)25/h8-11,13,25-26H,3-7,12,14H2,1-2H3,(H2,22,23,24). The third-order valence-corrected chi connectivity index (χ3v) is 5.79. The van der Waals surface area contributed by atoms with Crippen LogP contribution in [0.25, 0.3) is 0 Å². The van der Waals surface area contributed by atoms with Crippen molar-refractivity contribution in [3.63, 3.8) is 0 Å². The van der Waals surface area contributed by atoms with Crippen LogP contribution in [-0.2, 0) is 25.0 Å². The molecule has 27 heavy (non-hydrogen) atoms. The number of nitrogens with zero attached hydrogens (tertiary/aromatic N) is 1. The first-order valence-corrected chi connectivity index (χ1v) is 10.6. The number of thiophene rings is 1. The number of fused-ring (bicyclic) bond motifs is 1. The molecule has 2 aromatic rings. The molecule has 0 amide bonds. The van der Waals surface area contributed by atoms with Gasteiger partial charge in [0.1, 0.15) is 11.4 Å². The van der Waals surface area contributed by atoms with Crippen molar-refractivity contribution in [3.8, 4) is 5.75 Å². The fourth-order valence-electron chi connectivity index (χ4n) is 3.50. The van der Waals surface area contributed by atoms with E-state index in [9.17, 15) is 10.2 Å². The highest BCUT2D eigenvalue weighted by molar-refractivity contribution is 7.08. The Morgan fingerprint density at radius 3 is 2.78 bits per heavy atom. The second-order valence-corrected chi connectivity index (χ2v) is 8.02. The second kappa shape index (κ2) is 8.76. The summed E-state index contributed by atoms with van der Waals surface area (Å²) in [6, 6.07) is 5.76. The van der Waals surface area contributed by atoms with Crippen LogP contribution in [0.5, 0.6) is 5.75 Å². The summed E-state index contributed by atoms with van der Waals surface area (Å²) in [5.41, 5.74) is 3.44. The van der Waals surface area contributed by atoms with Gasteiger partial charge in [0, 0.05) is 12.1 Å². The van der Waals surface area contributed by atoms with E-state index in [2.05, 4.69) is 15.6 Å². The Labute approximate surface area is 165 Å². The van der Waals surface area contributed by atoms with E-state index < -0.39 is 5.60 Å². The Kier molecular flexibility index (Phi) is 6.39. The summed E-state index contributed by atoms with van der Waals surface area (Å²) in [4.78, 5) is 4.66. The third-order valence-electron chi connectivity index (χ3n) is 5.11. The zero-order valence-corrected chi connectivity index (χ0v) is 16.9. The summed E-state index contributed by atoms with van der Waals surface area (Å²) in [5.74, 6) is 0.960. The lowest BCUT2D eigenvalue weighted by Crippen LogP contribution is -2.44. The van der Waals surface area contributed by atoms with Crippen LogP contribution in [0, 0.1) is 0 Å². The van der Waals surface area contributed by atoms with Gasteiger partial charge in [0.05, 0.1) is 13.1 Å². The number of rotatable bonds is 6. The maximum absolute atomic E-state index is 10.7. The quantitative estimate of drug-likeness (QED) is 0.453. The fourth-order valence-corrected chi connectivity index (χ4v) is 4.28. The number of aromatic hydroxyl groups is 1. The minimum atomic E-state index is -0.968. The van der Waals surface area contributed by atoms with Crippen molar-refractivity contribution < 1.29 is 10.2 Å². The predicted molar refractivity (Wildman–Crippen MR) is 111 cm³/mol. The second-order valence-electron chi connectivity index (χ2n) is 7.24. The smallest absolute Gasteiger partial charge is 0.191 e. The molecule has 1 aliphatic rings. The van der Waals surface area contributed by atoms with E-state index >= 15 is 0 Å². The molecule has 3 rings (SSSR count). The molecule has 0 fully saturated rings. The van der Waals surface area contributed by atoms with Crippen LogP contribution in [0.2, 0.25) is 0 Å². The highest BCUT2D eigenvalue weighted by atomic mass is 32.1. The van der Waals surface area contributed by atoms with E-state index in [0.29, 0.717) is 24.8 Å². The molecule has 0 saturated carbocycles. The lowest BCUT2D eigenvalue weighted by molar-refractivity contribution is 0.0621. The zero-order valence-electron chi connectivity index (χ0n) is 16.1. The predicted octanol–water partition coefficient (Wildman–Crippen LogP) is 3.30. The van der Waals surface area contributed by atoms with Gasteiger partial charge in [-0.15, -0.1) is 0 Å². The molecule has 6 heteroatoms. The number of aryl methyl sites for hydroxylation is 1. The number of benzene rings is 1. The van der Waals surface area contributed by atoms with Gasteiger partial charge in [-0.2, -0.15) is 11.3 Å². The van der Waals surface area contributed by atoms with Gasteiger partial charge in [-0.3, -0.25) is 0 Å². The van der Waals surface area contributed by atoms with Crippen LogP contribution >= 0.6 is 11.3 Å². The van der Waals surface area contributed by atoms with Crippen LogP contribution in [0.3, 0.4) is 0 Å². The molecule has 1 aliphatic carbocycles. The number of aliphatic imine (C=N–C) groups is 1.